The maximum Gasteiger partial charge on any atom is 0.255 e. The number of nitrogens with two attached hydrogens (primary N) is 1. The number of halogens is 2. The summed E-state index contributed by atoms with van der Waals surface area (Å²) in [6.45, 7) is 1.81. The number of rotatable bonds is 2. The van der Waals surface area contributed by atoms with E-state index >= 15 is 0 Å². The van der Waals surface area contributed by atoms with E-state index in [1.165, 1.54) is 12.3 Å². The molecule has 88 valence electrons. The van der Waals surface area contributed by atoms with Crippen LogP contribution in [0.3, 0.4) is 0 Å². The van der Waals surface area contributed by atoms with Gasteiger partial charge in [0, 0.05) is 21.9 Å². The molecule has 3 nitrogen and oxygen atoms in total. The number of anilines is 1. The van der Waals surface area contributed by atoms with E-state index < -0.39 is 5.82 Å². The zero-order chi connectivity index (χ0) is 12.4. The van der Waals surface area contributed by atoms with E-state index in [0.29, 0.717) is 15.9 Å². The van der Waals surface area contributed by atoms with Crippen LogP contribution in [0, 0.1) is 12.7 Å². The number of pyridine rings is 1. The van der Waals surface area contributed by atoms with Crippen molar-refractivity contribution in [2.75, 3.05) is 5.73 Å². The molecule has 0 aliphatic rings. The molecule has 0 spiro atoms. The van der Waals surface area contributed by atoms with Gasteiger partial charge in [0.25, 0.3) is 5.88 Å². The van der Waals surface area contributed by atoms with Crippen molar-refractivity contribution in [2.45, 2.75) is 6.92 Å². The summed E-state index contributed by atoms with van der Waals surface area (Å²) < 4.78 is 19.5. The van der Waals surface area contributed by atoms with E-state index in [4.69, 9.17) is 10.5 Å². The number of nitrogen functional groups attached to an aromatic ring is 1. The van der Waals surface area contributed by atoms with Gasteiger partial charge in [-0.2, -0.15) is 0 Å². The van der Waals surface area contributed by atoms with Crippen LogP contribution in [0.4, 0.5) is 10.1 Å². The van der Waals surface area contributed by atoms with Crippen LogP contribution < -0.4 is 10.5 Å². The number of ether oxygens (including phenoxy) is 1. The Balaban J connectivity index is 2.35. The van der Waals surface area contributed by atoms with Gasteiger partial charge in [-0.25, -0.2) is 9.37 Å². The summed E-state index contributed by atoms with van der Waals surface area (Å²) >= 11 is 3.13. The summed E-state index contributed by atoms with van der Waals surface area (Å²) in [5.41, 5.74) is 7.09. The lowest BCUT2D eigenvalue weighted by molar-refractivity contribution is 0.420. The van der Waals surface area contributed by atoms with Gasteiger partial charge < -0.3 is 10.5 Å². The van der Waals surface area contributed by atoms with Crippen molar-refractivity contribution in [3.05, 3.63) is 46.3 Å². The quantitative estimate of drug-likeness (QED) is 0.860. The number of aromatic nitrogens is 1. The maximum absolute atomic E-state index is 13.5. The second-order valence-electron chi connectivity index (χ2n) is 3.51. The van der Waals surface area contributed by atoms with Crippen LogP contribution >= 0.6 is 15.9 Å². The van der Waals surface area contributed by atoms with Crippen LogP contribution in [0.2, 0.25) is 0 Å². The van der Waals surface area contributed by atoms with Gasteiger partial charge in [0.1, 0.15) is 5.75 Å². The van der Waals surface area contributed by atoms with Crippen molar-refractivity contribution in [3.8, 4) is 11.6 Å². The minimum atomic E-state index is -0.527. The average Bonchev–Trinajstić information content (AvgIpc) is 2.28. The van der Waals surface area contributed by atoms with Gasteiger partial charge in [0.2, 0.25) is 0 Å². The van der Waals surface area contributed by atoms with Gasteiger partial charge in [-0.15, -0.1) is 0 Å². The van der Waals surface area contributed by atoms with E-state index in [2.05, 4.69) is 20.9 Å². The molecule has 0 radical (unpaired) electrons. The van der Waals surface area contributed by atoms with Crippen molar-refractivity contribution in [3.63, 3.8) is 0 Å². The fourth-order valence-corrected chi connectivity index (χ4v) is 1.63. The first kappa shape index (κ1) is 11.9. The van der Waals surface area contributed by atoms with Gasteiger partial charge in [0.15, 0.2) is 5.82 Å². The molecule has 1 aromatic carbocycles. The van der Waals surface area contributed by atoms with E-state index in [9.17, 15) is 4.39 Å². The largest absolute Gasteiger partial charge is 0.436 e. The van der Waals surface area contributed by atoms with Gasteiger partial charge in [-0.05, 0) is 41.1 Å². The Morgan fingerprint density at radius 1 is 1.41 bits per heavy atom. The summed E-state index contributed by atoms with van der Waals surface area (Å²) in [4.78, 5) is 3.86. The Morgan fingerprint density at radius 3 is 2.88 bits per heavy atom. The standard InChI is InChI=1S/C12H10BrFN2O/c1-7-10(15)3-2-4-11(7)17-12-9(14)5-8(13)6-16-12/h2-6H,15H2,1H3. The first-order valence-electron chi connectivity index (χ1n) is 4.92. The van der Waals surface area contributed by atoms with Crippen LogP contribution in [-0.2, 0) is 0 Å². The van der Waals surface area contributed by atoms with Crippen molar-refractivity contribution in [2.24, 2.45) is 0 Å². The predicted octanol–water partition coefficient (Wildman–Crippen LogP) is 3.67. The highest BCUT2D eigenvalue weighted by molar-refractivity contribution is 9.10. The molecule has 0 saturated carbocycles. The lowest BCUT2D eigenvalue weighted by atomic mass is 10.2. The molecule has 5 heteroatoms. The Kier molecular flexibility index (Phi) is 3.28. The number of benzene rings is 1. The fourth-order valence-electron chi connectivity index (χ4n) is 1.32. The molecule has 2 rings (SSSR count). The smallest absolute Gasteiger partial charge is 0.255 e. The molecule has 0 aliphatic carbocycles. The molecular formula is C12H10BrFN2O. The van der Waals surface area contributed by atoms with Gasteiger partial charge in [-0.3, -0.25) is 0 Å². The number of hydrogen-bond donors (Lipinski definition) is 1. The summed E-state index contributed by atoms with van der Waals surface area (Å²) in [6.07, 6.45) is 1.47. The molecule has 2 aromatic rings. The number of nitrogens with zero attached hydrogens (tertiary/aromatic N) is 1. The third kappa shape index (κ3) is 2.55. The Labute approximate surface area is 107 Å². The van der Waals surface area contributed by atoms with Crippen molar-refractivity contribution in [1.82, 2.24) is 4.98 Å². The van der Waals surface area contributed by atoms with Gasteiger partial charge >= 0.3 is 0 Å². The second kappa shape index (κ2) is 4.71. The van der Waals surface area contributed by atoms with Crippen LogP contribution in [0.15, 0.2) is 34.9 Å². The van der Waals surface area contributed by atoms with Crippen molar-refractivity contribution < 1.29 is 9.13 Å². The summed E-state index contributed by atoms with van der Waals surface area (Å²) in [7, 11) is 0. The van der Waals surface area contributed by atoms with E-state index in [-0.39, 0.29) is 5.88 Å². The van der Waals surface area contributed by atoms with E-state index in [0.717, 1.165) is 5.56 Å². The molecule has 1 heterocycles. The highest BCUT2D eigenvalue weighted by atomic mass is 79.9. The highest BCUT2D eigenvalue weighted by Gasteiger charge is 2.09. The van der Waals surface area contributed by atoms with E-state index in [1.54, 1.807) is 25.1 Å². The molecule has 17 heavy (non-hydrogen) atoms. The van der Waals surface area contributed by atoms with Crippen molar-refractivity contribution in [1.29, 1.82) is 0 Å². The first-order valence-corrected chi connectivity index (χ1v) is 5.71. The SMILES string of the molecule is Cc1c(N)cccc1Oc1ncc(Br)cc1F. The lowest BCUT2D eigenvalue weighted by Crippen LogP contribution is -1.96. The van der Waals surface area contributed by atoms with Crippen LogP contribution in [0.5, 0.6) is 11.6 Å². The predicted molar refractivity (Wildman–Crippen MR) is 67.6 cm³/mol. The molecule has 0 aliphatic heterocycles. The number of hydrogen-bond acceptors (Lipinski definition) is 3. The van der Waals surface area contributed by atoms with Crippen molar-refractivity contribution >= 4 is 21.6 Å². The normalized spacial score (nSPS) is 10.3. The molecule has 0 saturated heterocycles. The third-order valence-electron chi connectivity index (χ3n) is 2.31. The molecule has 1 aromatic heterocycles. The van der Waals surface area contributed by atoms with Gasteiger partial charge in [-0.1, -0.05) is 6.07 Å². The topological polar surface area (TPSA) is 48.1 Å². The zero-order valence-corrected chi connectivity index (χ0v) is 10.7. The molecule has 0 unspecified atom stereocenters. The first-order chi connectivity index (χ1) is 8.08. The average molecular weight is 297 g/mol. The minimum Gasteiger partial charge on any atom is -0.436 e. The fraction of sp³-hybridized carbons (Fsp3) is 0.0833. The van der Waals surface area contributed by atoms with Crippen LogP contribution in [-0.4, -0.2) is 4.98 Å². The van der Waals surface area contributed by atoms with Crippen LogP contribution in [0.1, 0.15) is 5.56 Å². The molecular weight excluding hydrogens is 287 g/mol. The van der Waals surface area contributed by atoms with E-state index in [1.807, 2.05) is 0 Å². The lowest BCUT2D eigenvalue weighted by Gasteiger charge is -2.09. The summed E-state index contributed by atoms with van der Waals surface area (Å²) in [6, 6.07) is 6.51. The maximum atomic E-state index is 13.5. The highest BCUT2D eigenvalue weighted by Crippen LogP contribution is 2.29. The molecule has 0 atom stereocenters. The minimum absolute atomic E-state index is 0.0677. The second-order valence-corrected chi connectivity index (χ2v) is 4.43. The Morgan fingerprint density at radius 2 is 2.18 bits per heavy atom. The summed E-state index contributed by atoms with van der Waals surface area (Å²) in [5, 5.41) is 0. The molecule has 2 N–H and O–H groups in total. The Bertz CT molecular complexity index is 560. The molecule has 0 fully saturated rings. The Hall–Kier alpha value is -1.62. The zero-order valence-electron chi connectivity index (χ0n) is 9.08. The molecule has 0 amide bonds. The van der Waals surface area contributed by atoms with Crippen LogP contribution in [0.25, 0.3) is 0 Å². The molecule has 0 bridgehead atoms. The third-order valence-corrected chi connectivity index (χ3v) is 2.74. The summed E-state index contributed by atoms with van der Waals surface area (Å²) in [5.74, 6) is -0.0955. The van der Waals surface area contributed by atoms with Gasteiger partial charge in [0.05, 0.1) is 0 Å². The monoisotopic (exact) mass is 296 g/mol.